The molecule has 0 aliphatic rings. The highest BCUT2D eigenvalue weighted by atomic mass is 35.5. The number of nitrogens with one attached hydrogen (secondary N) is 1. The molecule has 6 nitrogen and oxygen atoms in total. The Hall–Kier alpha value is -1.37. The second-order valence-corrected chi connectivity index (χ2v) is 4.39. The van der Waals surface area contributed by atoms with Gasteiger partial charge < -0.3 is 10.4 Å². The van der Waals surface area contributed by atoms with Crippen LogP contribution in [-0.2, 0) is 0 Å². The number of nitrogens with zero attached hydrogens (tertiary/aromatic N) is 1. The molecule has 0 fully saturated rings. The van der Waals surface area contributed by atoms with E-state index < -0.39 is 16.9 Å². The fraction of sp³-hybridized carbons (Fsp3) is 0.300. The topological polar surface area (TPSA) is 92.5 Å². The molecule has 1 aromatic rings. The highest BCUT2D eigenvalue weighted by Gasteiger charge is 2.20. The normalized spacial score (nSPS) is 12.0. The van der Waals surface area contributed by atoms with Crippen LogP contribution in [0, 0.1) is 10.1 Å². The largest absolute Gasteiger partial charge is 0.394 e. The third-order valence-electron chi connectivity index (χ3n) is 2.12. The number of carbonyl (C=O) groups excluding carboxylic acids is 1. The van der Waals surface area contributed by atoms with E-state index >= 15 is 0 Å². The Morgan fingerprint density at radius 1 is 1.56 bits per heavy atom. The van der Waals surface area contributed by atoms with Crippen molar-refractivity contribution in [3.05, 3.63) is 37.9 Å². The summed E-state index contributed by atoms with van der Waals surface area (Å²) < 4.78 is 0. The molecule has 0 aliphatic heterocycles. The fourth-order valence-electron chi connectivity index (χ4n) is 1.19. The van der Waals surface area contributed by atoms with E-state index in [1.165, 1.54) is 0 Å². The van der Waals surface area contributed by atoms with Crippen LogP contribution in [0.25, 0.3) is 0 Å². The Bertz CT molecular complexity index is 493. The van der Waals surface area contributed by atoms with Crippen molar-refractivity contribution in [2.75, 3.05) is 6.61 Å². The van der Waals surface area contributed by atoms with E-state index in [1.54, 1.807) is 6.92 Å². The Labute approximate surface area is 113 Å². The summed E-state index contributed by atoms with van der Waals surface area (Å²) in [6.45, 7) is 1.32. The third kappa shape index (κ3) is 3.32. The number of nitro benzene ring substituents is 1. The minimum Gasteiger partial charge on any atom is -0.394 e. The maximum Gasteiger partial charge on any atom is 0.271 e. The summed E-state index contributed by atoms with van der Waals surface area (Å²) in [5.74, 6) is -0.632. The van der Waals surface area contributed by atoms with Gasteiger partial charge in [-0.1, -0.05) is 23.2 Å². The number of aliphatic hydroxyl groups excluding tert-OH is 1. The van der Waals surface area contributed by atoms with Gasteiger partial charge in [-0.25, -0.2) is 0 Å². The van der Waals surface area contributed by atoms with Crippen molar-refractivity contribution in [1.82, 2.24) is 5.32 Å². The highest BCUT2D eigenvalue weighted by Crippen LogP contribution is 2.30. The molecule has 0 unspecified atom stereocenters. The molecule has 0 heterocycles. The Morgan fingerprint density at radius 2 is 2.17 bits per heavy atom. The second kappa shape index (κ2) is 5.99. The second-order valence-electron chi connectivity index (χ2n) is 3.60. The minimum absolute atomic E-state index is 0.0649. The van der Waals surface area contributed by atoms with Crippen LogP contribution in [0.5, 0.6) is 0 Å². The Morgan fingerprint density at radius 3 is 2.67 bits per heavy atom. The minimum atomic E-state index is -0.672. The van der Waals surface area contributed by atoms with E-state index in [0.29, 0.717) is 0 Å². The van der Waals surface area contributed by atoms with Crippen LogP contribution in [0.2, 0.25) is 10.0 Å². The molecular formula is C10H10Cl2N2O4. The van der Waals surface area contributed by atoms with Crippen LogP contribution >= 0.6 is 23.2 Å². The lowest BCUT2D eigenvalue weighted by Crippen LogP contribution is -2.35. The number of hydrogen-bond donors (Lipinski definition) is 2. The molecule has 1 rings (SSSR count). The van der Waals surface area contributed by atoms with Gasteiger partial charge in [-0.05, 0) is 6.92 Å². The lowest BCUT2D eigenvalue weighted by molar-refractivity contribution is -0.384. The number of carbonyl (C=O) groups is 1. The van der Waals surface area contributed by atoms with E-state index in [4.69, 9.17) is 28.3 Å². The first-order valence-corrected chi connectivity index (χ1v) is 5.67. The number of halogens is 2. The summed E-state index contributed by atoms with van der Waals surface area (Å²) in [4.78, 5) is 21.8. The molecule has 1 atom stereocenters. The van der Waals surface area contributed by atoms with E-state index in [-0.39, 0.29) is 27.9 Å². The van der Waals surface area contributed by atoms with Crippen LogP contribution in [0.3, 0.4) is 0 Å². The molecule has 0 radical (unpaired) electrons. The average Bonchev–Trinajstić information content (AvgIpc) is 2.31. The van der Waals surface area contributed by atoms with Crippen molar-refractivity contribution >= 4 is 34.8 Å². The molecule has 0 spiro atoms. The van der Waals surface area contributed by atoms with Crippen molar-refractivity contribution < 1.29 is 14.8 Å². The number of hydrogen-bond acceptors (Lipinski definition) is 4. The SMILES string of the molecule is C[C@H](CO)NC(=O)c1cc([N+](=O)[O-])cc(Cl)c1Cl. The van der Waals surface area contributed by atoms with Gasteiger partial charge in [0.1, 0.15) is 0 Å². The van der Waals surface area contributed by atoms with E-state index in [9.17, 15) is 14.9 Å². The van der Waals surface area contributed by atoms with Gasteiger partial charge in [0.15, 0.2) is 0 Å². The molecule has 1 amide bonds. The zero-order valence-corrected chi connectivity index (χ0v) is 10.8. The molecule has 0 aliphatic carbocycles. The van der Waals surface area contributed by atoms with Crippen LogP contribution in [-0.4, -0.2) is 28.6 Å². The van der Waals surface area contributed by atoms with Crippen molar-refractivity contribution in [3.63, 3.8) is 0 Å². The highest BCUT2D eigenvalue weighted by molar-refractivity contribution is 6.44. The van der Waals surface area contributed by atoms with Gasteiger partial charge in [0.05, 0.1) is 27.1 Å². The molecule has 2 N–H and O–H groups in total. The summed E-state index contributed by atoms with van der Waals surface area (Å²) >= 11 is 11.5. The monoisotopic (exact) mass is 292 g/mol. The first-order valence-electron chi connectivity index (χ1n) is 4.92. The van der Waals surface area contributed by atoms with Gasteiger partial charge in [0, 0.05) is 18.2 Å². The van der Waals surface area contributed by atoms with Gasteiger partial charge in [0.25, 0.3) is 11.6 Å². The molecule has 0 saturated heterocycles. The number of benzene rings is 1. The summed E-state index contributed by atoms with van der Waals surface area (Å²) in [7, 11) is 0. The summed E-state index contributed by atoms with van der Waals surface area (Å²) in [6.07, 6.45) is 0. The maximum atomic E-state index is 11.8. The molecule has 18 heavy (non-hydrogen) atoms. The number of aliphatic hydroxyl groups is 1. The van der Waals surface area contributed by atoms with Crippen molar-refractivity contribution in [1.29, 1.82) is 0 Å². The number of nitro groups is 1. The fourth-order valence-corrected chi connectivity index (χ4v) is 1.60. The van der Waals surface area contributed by atoms with E-state index in [2.05, 4.69) is 5.32 Å². The van der Waals surface area contributed by atoms with Gasteiger partial charge >= 0.3 is 0 Å². The molecule has 0 aromatic heterocycles. The quantitative estimate of drug-likeness (QED) is 0.656. The van der Waals surface area contributed by atoms with Crippen molar-refractivity contribution in [2.45, 2.75) is 13.0 Å². The number of rotatable bonds is 4. The summed E-state index contributed by atoms with van der Waals surface area (Å²) in [5, 5.41) is 21.7. The number of amides is 1. The molecular weight excluding hydrogens is 283 g/mol. The number of non-ortho nitro benzene ring substituents is 1. The maximum absolute atomic E-state index is 11.8. The lowest BCUT2D eigenvalue weighted by atomic mass is 10.1. The smallest absolute Gasteiger partial charge is 0.271 e. The zero-order chi connectivity index (χ0) is 13.9. The predicted molar refractivity (Wildman–Crippen MR) is 67.1 cm³/mol. The van der Waals surface area contributed by atoms with Gasteiger partial charge in [-0.15, -0.1) is 0 Å². The van der Waals surface area contributed by atoms with Gasteiger partial charge in [0.2, 0.25) is 0 Å². The van der Waals surface area contributed by atoms with Crippen molar-refractivity contribution in [2.24, 2.45) is 0 Å². The molecule has 98 valence electrons. The first kappa shape index (κ1) is 14.7. The Kier molecular flexibility index (Phi) is 4.89. The average molecular weight is 293 g/mol. The third-order valence-corrected chi connectivity index (χ3v) is 2.92. The Balaban J connectivity index is 3.14. The summed E-state index contributed by atoms with van der Waals surface area (Å²) in [6, 6.07) is 1.61. The van der Waals surface area contributed by atoms with Crippen LogP contribution < -0.4 is 5.32 Å². The molecule has 1 aromatic carbocycles. The predicted octanol–water partition coefficient (Wildman–Crippen LogP) is 2.01. The summed E-state index contributed by atoms with van der Waals surface area (Å²) in [5.41, 5.74) is -0.428. The standard InChI is InChI=1S/C10H10Cl2N2O4/c1-5(4-15)13-10(16)7-2-6(14(17)18)3-8(11)9(7)12/h2-3,5,15H,4H2,1H3,(H,13,16)/t5-/m1/s1. The van der Waals surface area contributed by atoms with E-state index in [0.717, 1.165) is 12.1 Å². The van der Waals surface area contributed by atoms with Crippen LogP contribution in [0.4, 0.5) is 5.69 Å². The van der Waals surface area contributed by atoms with Gasteiger partial charge in [-0.3, -0.25) is 14.9 Å². The molecule has 8 heteroatoms. The zero-order valence-electron chi connectivity index (χ0n) is 9.31. The van der Waals surface area contributed by atoms with Gasteiger partial charge in [-0.2, -0.15) is 0 Å². The lowest BCUT2D eigenvalue weighted by Gasteiger charge is -2.12. The van der Waals surface area contributed by atoms with Crippen LogP contribution in [0.15, 0.2) is 12.1 Å². The van der Waals surface area contributed by atoms with E-state index in [1.807, 2.05) is 0 Å². The molecule has 0 bridgehead atoms. The van der Waals surface area contributed by atoms with Crippen LogP contribution in [0.1, 0.15) is 17.3 Å². The molecule has 0 saturated carbocycles. The van der Waals surface area contributed by atoms with Crippen molar-refractivity contribution in [3.8, 4) is 0 Å². The first-order chi connectivity index (χ1) is 8.36.